The molecule has 2 N–H and O–H groups in total. The van der Waals surface area contributed by atoms with Gasteiger partial charge in [-0.15, -0.1) is 0 Å². The summed E-state index contributed by atoms with van der Waals surface area (Å²) in [6.45, 7) is -0.0334. The van der Waals surface area contributed by atoms with Crippen molar-refractivity contribution in [2.45, 2.75) is 6.61 Å². The van der Waals surface area contributed by atoms with Gasteiger partial charge in [0, 0.05) is 11.6 Å². The number of hydrogen-bond donors (Lipinski definition) is 1. The number of methoxy groups -OCH3 is 1. The molecule has 0 fully saturated rings. The Kier molecular flexibility index (Phi) is 4.98. The zero-order valence-corrected chi connectivity index (χ0v) is 12.8. The third kappa shape index (κ3) is 3.62. The van der Waals surface area contributed by atoms with Crippen LogP contribution in [-0.4, -0.2) is 12.1 Å². The van der Waals surface area contributed by atoms with Crippen molar-refractivity contribution in [2.75, 3.05) is 7.11 Å². The molecule has 0 unspecified atom stereocenters. The summed E-state index contributed by atoms with van der Waals surface area (Å²) >= 11 is 10.9. The van der Waals surface area contributed by atoms with Crippen molar-refractivity contribution in [3.8, 4) is 11.5 Å². The molecule has 0 heterocycles. The van der Waals surface area contributed by atoms with Crippen LogP contribution in [0.5, 0.6) is 11.5 Å². The van der Waals surface area contributed by atoms with Crippen LogP contribution in [0.15, 0.2) is 36.4 Å². The molecule has 0 saturated carbocycles. The summed E-state index contributed by atoms with van der Waals surface area (Å²) in [6, 6.07) is 9.52. The van der Waals surface area contributed by atoms with Crippen molar-refractivity contribution in [3.05, 3.63) is 58.4 Å². The van der Waals surface area contributed by atoms with Crippen LogP contribution in [0, 0.1) is 5.82 Å². The third-order valence-electron chi connectivity index (χ3n) is 2.89. The van der Waals surface area contributed by atoms with Gasteiger partial charge in [0.15, 0.2) is 0 Å². The molecule has 3 nitrogen and oxygen atoms in total. The lowest BCUT2D eigenvalue weighted by Gasteiger charge is -2.13. The van der Waals surface area contributed by atoms with Crippen molar-refractivity contribution >= 4 is 28.8 Å². The molecule has 0 aliphatic carbocycles. The maximum Gasteiger partial charge on any atom is 0.133 e. The van der Waals surface area contributed by atoms with Gasteiger partial charge in [-0.3, -0.25) is 0 Å². The van der Waals surface area contributed by atoms with Crippen LogP contribution < -0.4 is 15.2 Å². The van der Waals surface area contributed by atoms with E-state index in [-0.39, 0.29) is 17.2 Å². The Hall–Kier alpha value is -1.85. The van der Waals surface area contributed by atoms with Gasteiger partial charge in [-0.05, 0) is 24.3 Å². The van der Waals surface area contributed by atoms with Crippen molar-refractivity contribution < 1.29 is 13.9 Å². The highest BCUT2D eigenvalue weighted by Crippen LogP contribution is 2.27. The Labute approximate surface area is 132 Å². The summed E-state index contributed by atoms with van der Waals surface area (Å²) in [6.07, 6.45) is 0. The van der Waals surface area contributed by atoms with Gasteiger partial charge in [0.1, 0.15) is 28.9 Å². The van der Waals surface area contributed by atoms with Crippen LogP contribution in [-0.2, 0) is 6.61 Å². The molecule has 0 aromatic heterocycles. The minimum atomic E-state index is -0.428. The average Bonchev–Trinajstić information content (AvgIpc) is 2.46. The van der Waals surface area contributed by atoms with E-state index in [9.17, 15) is 4.39 Å². The fourth-order valence-corrected chi connectivity index (χ4v) is 2.16. The molecule has 0 aliphatic rings. The Morgan fingerprint density at radius 2 is 2.10 bits per heavy atom. The van der Waals surface area contributed by atoms with E-state index in [4.69, 9.17) is 39.0 Å². The van der Waals surface area contributed by atoms with Crippen LogP contribution in [0.4, 0.5) is 4.39 Å². The molecule has 0 spiro atoms. The van der Waals surface area contributed by atoms with Crippen molar-refractivity contribution in [3.63, 3.8) is 0 Å². The Balaban J connectivity index is 2.28. The zero-order chi connectivity index (χ0) is 15.4. The first-order valence-electron chi connectivity index (χ1n) is 6.06. The minimum absolute atomic E-state index is 0.0334. The molecule has 0 amide bonds. The van der Waals surface area contributed by atoms with E-state index in [0.29, 0.717) is 22.1 Å². The van der Waals surface area contributed by atoms with E-state index in [1.165, 1.54) is 19.2 Å². The monoisotopic (exact) mass is 325 g/mol. The van der Waals surface area contributed by atoms with E-state index in [1.807, 2.05) is 0 Å². The van der Waals surface area contributed by atoms with Crippen LogP contribution in [0.3, 0.4) is 0 Å². The molecular weight excluding hydrogens is 313 g/mol. The quantitative estimate of drug-likeness (QED) is 0.851. The first-order chi connectivity index (χ1) is 10.0. The number of ether oxygens (including phenoxy) is 2. The smallest absolute Gasteiger partial charge is 0.133 e. The maximum atomic E-state index is 13.7. The second kappa shape index (κ2) is 6.74. The molecule has 2 rings (SSSR count). The van der Waals surface area contributed by atoms with Gasteiger partial charge in [-0.25, -0.2) is 4.39 Å². The molecule has 6 heteroatoms. The van der Waals surface area contributed by atoms with Crippen LogP contribution in [0.25, 0.3) is 0 Å². The van der Waals surface area contributed by atoms with Gasteiger partial charge in [0.2, 0.25) is 0 Å². The molecule has 0 bridgehead atoms. The van der Waals surface area contributed by atoms with E-state index < -0.39 is 5.82 Å². The standard InChI is InChI=1S/C15H13ClFNO2S/c1-19-9-5-6-10(15(18)21)14(7-9)20-8-11-12(16)3-2-4-13(11)17/h2-7H,8H2,1H3,(H2,18,21). The van der Waals surface area contributed by atoms with Crippen LogP contribution in [0.1, 0.15) is 11.1 Å². The highest BCUT2D eigenvalue weighted by atomic mass is 35.5. The van der Waals surface area contributed by atoms with Crippen LogP contribution >= 0.6 is 23.8 Å². The lowest BCUT2D eigenvalue weighted by Crippen LogP contribution is -2.12. The molecule has 0 saturated heterocycles. The number of halogens is 2. The number of nitrogens with two attached hydrogens (primary N) is 1. The third-order valence-corrected chi connectivity index (χ3v) is 3.46. The SMILES string of the molecule is COc1ccc(C(N)=S)c(OCc2c(F)cccc2Cl)c1. The number of thiocarbonyl (C=S) groups is 1. The second-order valence-corrected chi connectivity index (χ2v) is 5.06. The predicted molar refractivity (Wildman–Crippen MR) is 84.6 cm³/mol. The molecule has 2 aromatic carbocycles. The molecular formula is C15H13ClFNO2S. The topological polar surface area (TPSA) is 44.5 Å². The fraction of sp³-hybridized carbons (Fsp3) is 0.133. The van der Waals surface area contributed by atoms with E-state index in [0.717, 1.165) is 0 Å². The summed E-state index contributed by atoms with van der Waals surface area (Å²) < 4.78 is 24.5. The summed E-state index contributed by atoms with van der Waals surface area (Å²) in [5.41, 5.74) is 6.47. The lowest BCUT2D eigenvalue weighted by atomic mass is 10.2. The van der Waals surface area contributed by atoms with Gasteiger partial charge >= 0.3 is 0 Å². The predicted octanol–water partition coefficient (Wildman–Crippen LogP) is 3.70. The number of benzene rings is 2. The zero-order valence-electron chi connectivity index (χ0n) is 11.2. The summed E-state index contributed by atoms with van der Waals surface area (Å²) in [5.74, 6) is 0.577. The molecule has 2 aromatic rings. The highest BCUT2D eigenvalue weighted by Gasteiger charge is 2.12. The average molecular weight is 326 g/mol. The van der Waals surface area contributed by atoms with Crippen molar-refractivity contribution in [1.82, 2.24) is 0 Å². The molecule has 110 valence electrons. The molecule has 0 atom stereocenters. The Morgan fingerprint density at radius 3 is 2.71 bits per heavy atom. The van der Waals surface area contributed by atoms with Gasteiger partial charge in [-0.2, -0.15) is 0 Å². The van der Waals surface area contributed by atoms with Gasteiger partial charge < -0.3 is 15.2 Å². The highest BCUT2D eigenvalue weighted by molar-refractivity contribution is 7.80. The molecule has 0 radical (unpaired) electrons. The maximum absolute atomic E-state index is 13.7. The second-order valence-electron chi connectivity index (χ2n) is 4.22. The first-order valence-corrected chi connectivity index (χ1v) is 6.85. The van der Waals surface area contributed by atoms with Crippen molar-refractivity contribution in [1.29, 1.82) is 0 Å². The molecule has 0 aliphatic heterocycles. The van der Waals surface area contributed by atoms with E-state index in [1.54, 1.807) is 24.3 Å². The Morgan fingerprint density at radius 1 is 1.33 bits per heavy atom. The normalized spacial score (nSPS) is 10.2. The van der Waals surface area contributed by atoms with Gasteiger partial charge in [0.05, 0.1) is 17.7 Å². The van der Waals surface area contributed by atoms with Crippen molar-refractivity contribution in [2.24, 2.45) is 5.73 Å². The lowest BCUT2D eigenvalue weighted by molar-refractivity contribution is 0.297. The summed E-state index contributed by atoms with van der Waals surface area (Å²) in [4.78, 5) is 0.187. The molecule has 21 heavy (non-hydrogen) atoms. The van der Waals surface area contributed by atoms with E-state index >= 15 is 0 Å². The number of hydrogen-bond acceptors (Lipinski definition) is 3. The van der Waals surface area contributed by atoms with E-state index in [2.05, 4.69) is 0 Å². The largest absolute Gasteiger partial charge is 0.497 e. The van der Waals surface area contributed by atoms with Gasteiger partial charge in [-0.1, -0.05) is 29.9 Å². The van der Waals surface area contributed by atoms with Crippen LogP contribution in [0.2, 0.25) is 5.02 Å². The van der Waals surface area contributed by atoms with Gasteiger partial charge in [0.25, 0.3) is 0 Å². The first kappa shape index (κ1) is 15.5. The summed E-state index contributed by atoms with van der Waals surface area (Å²) in [5, 5.41) is 0.301. The number of rotatable bonds is 5. The summed E-state index contributed by atoms with van der Waals surface area (Å²) in [7, 11) is 1.54. The Bertz CT molecular complexity index is 658. The fourth-order valence-electron chi connectivity index (χ4n) is 1.77. The minimum Gasteiger partial charge on any atom is -0.497 e.